The standard InChI is InChI=1S/C17H15N3O3S2/c1-25(22,23)20-14-5-2-4-13(11-14)19-17(21)15-10-12(7-8-18-15)16-6-3-9-24-16/h2-11,20H,1H3,(H,19,21). The SMILES string of the molecule is CS(=O)(=O)Nc1cccc(NC(=O)c2cc(-c3cccs3)ccn2)c1. The highest BCUT2D eigenvalue weighted by Crippen LogP contribution is 2.25. The Bertz CT molecular complexity index is 999. The molecule has 2 heterocycles. The predicted octanol–water partition coefficient (Wildman–Crippen LogP) is 3.43. The third kappa shape index (κ3) is 4.65. The Morgan fingerprint density at radius 2 is 1.88 bits per heavy atom. The Morgan fingerprint density at radius 1 is 1.08 bits per heavy atom. The van der Waals surface area contributed by atoms with E-state index >= 15 is 0 Å². The number of nitrogens with one attached hydrogen (secondary N) is 2. The molecular formula is C17H15N3O3S2. The second kappa shape index (κ2) is 7.04. The molecule has 0 aliphatic heterocycles. The molecule has 2 aromatic heterocycles. The number of aromatic nitrogens is 1. The van der Waals surface area contributed by atoms with Gasteiger partial charge in [0.05, 0.1) is 11.9 Å². The van der Waals surface area contributed by atoms with Crippen molar-refractivity contribution in [3.8, 4) is 10.4 Å². The molecule has 2 N–H and O–H groups in total. The summed E-state index contributed by atoms with van der Waals surface area (Å²) < 4.78 is 25.0. The molecule has 1 aromatic carbocycles. The van der Waals surface area contributed by atoms with E-state index in [-0.39, 0.29) is 11.6 Å². The van der Waals surface area contributed by atoms with Crippen molar-refractivity contribution in [1.29, 1.82) is 0 Å². The van der Waals surface area contributed by atoms with Gasteiger partial charge in [0.2, 0.25) is 10.0 Å². The van der Waals surface area contributed by atoms with Crippen LogP contribution in [0.25, 0.3) is 10.4 Å². The maximum atomic E-state index is 12.4. The molecule has 0 unspecified atom stereocenters. The number of carbonyl (C=O) groups excluding carboxylic acids is 1. The highest BCUT2D eigenvalue weighted by atomic mass is 32.2. The Balaban J connectivity index is 1.79. The third-order valence-electron chi connectivity index (χ3n) is 3.22. The summed E-state index contributed by atoms with van der Waals surface area (Å²) in [7, 11) is -3.38. The molecule has 3 rings (SSSR count). The monoisotopic (exact) mass is 373 g/mol. The van der Waals surface area contributed by atoms with Crippen LogP contribution < -0.4 is 10.0 Å². The van der Waals surface area contributed by atoms with Gasteiger partial charge in [-0.3, -0.25) is 14.5 Å². The van der Waals surface area contributed by atoms with Crippen molar-refractivity contribution in [2.75, 3.05) is 16.3 Å². The number of carbonyl (C=O) groups is 1. The summed E-state index contributed by atoms with van der Waals surface area (Å²) in [6, 6.07) is 14.0. The molecule has 128 valence electrons. The number of thiophene rings is 1. The molecule has 0 spiro atoms. The number of rotatable bonds is 5. The van der Waals surface area contributed by atoms with Gasteiger partial charge in [0.1, 0.15) is 5.69 Å². The van der Waals surface area contributed by atoms with Crippen molar-refractivity contribution >= 4 is 38.6 Å². The second-order valence-corrected chi connectivity index (χ2v) is 8.01. The van der Waals surface area contributed by atoms with Crippen LogP contribution in [0.5, 0.6) is 0 Å². The summed E-state index contributed by atoms with van der Waals surface area (Å²) in [5.74, 6) is -0.366. The van der Waals surface area contributed by atoms with E-state index in [0.717, 1.165) is 16.7 Å². The van der Waals surface area contributed by atoms with Crippen LogP contribution in [-0.4, -0.2) is 25.6 Å². The zero-order chi connectivity index (χ0) is 17.9. The van der Waals surface area contributed by atoms with Crippen molar-refractivity contribution in [1.82, 2.24) is 4.98 Å². The topological polar surface area (TPSA) is 88.2 Å². The van der Waals surface area contributed by atoms with Gasteiger partial charge in [-0.1, -0.05) is 12.1 Å². The average Bonchev–Trinajstić information content (AvgIpc) is 3.08. The number of pyridine rings is 1. The summed E-state index contributed by atoms with van der Waals surface area (Å²) in [5.41, 5.74) is 2.05. The molecule has 0 saturated carbocycles. The van der Waals surface area contributed by atoms with Gasteiger partial charge < -0.3 is 5.32 Å². The lowest BCUT2D eigenvalue weighted by Gasteiger charge is -2.08. The summed E-state index contributed by atoms with van der Waals surface area (Å²) in [4.78, 5) is 17.6. The molecule has 0 radical (unpaired) electrons. The van der Waals surface area contributed by atoms with E-state index in [1.165, 1.54) is 0 Å². The van der Waals surface area contributed by atoms with Crippen molar-refractivity contribution in [2.45, 2.75) is 0 Å². The molecule has 25 heavy (non-hydrogen) atoms. The molecule has 0 aliphatic rings. The lowest BCUT2D eigenvalue weighted by molar-refractivity contribution is 0.102. The van der Waals surface area contributed by atoms with E-state index < -0.39 is 10.0 Å². The van der Waals surface area contributed by atoms with Gasteiger partial charge in [0.15, 0.2) is 0 Å². The fraction of sp³-hybridized carbons (Fsp3) is 0.0588. The number of amides is 1. The predicted molar refractivity (Wildman–Crippen MR) is 100 cm³/mol. The molecule has 8 heteroatoms. The van der Waals surface area contributed by atoms with E-state index in [0.29, 0.717) is 11.4 Å². The number of hydrogen-bond donors (Lipinski definition) is 2. The highest BCUT2D eigenvalue weighted by Gasteiger charge is 2.10. The zero-order valence-corrected chi connectivity index (χ0v) is 14.9. The number of anilines is 2. The Kier molecular flexibility index (Phi) is 4.82. The van der Waals surface area contributed by atoms with Crippen molar-refractivity contribution in [3.05, 3.63) is 65.8 Å². The Hall–Kier alpha value is -2.71. The maximum absolute atomic E-state index is 12.4. The minimum absolute atomic E-state index is 0.285. The summed E-state index contributed by atoms with van der Waals surface area (Å²) >= 11 is 1.58. The van der Waals surface area contributed by atoms with E-state index in [1.54, 1.807) is 47.9 Å². The van der Waals surface area contributed by atoms with Crippen molar-refractivity contribution < 1.29 is 13.2 Å². The van der Waals surface area contributed by atoms with Gasteiger partial charge >= 0.3 is 0 Å². The highest BCUT2D eigenvalue weighted by molar-refractivity contribution is 7.92. The quantitative estimate of drug-likeness (QED) is 0.717. The van der Waals surface area contributed by atoms with Crippen LogP contribution in [0.15, 0.2) is 60.1 Å². The molecule has 3 aromatic rings. The van der Waals surface area contributed by atoms with Gasteiger partial charge in [-0.15, -0.1) is 11.3 Å². The molecule has 0 saturated heterocycles. The summed E-state index contributed by atoms with van der Waals surface area (Å²) in [5, 5.41) is 4.69. The molecule has 0 fully saturated rings. The first-order valence-electron chi connectivity index (χ1n) is 7.30. The van der Waals surface area contributed by atoms with Gasteiger partial charge in [-0.25, -0.2) is 8.42 Å². The largest absolute Gasteiger partial charge is 0.321 e. The lowest BCUT2D eigenvalue weighted by atomic mass is 10.2. The van der Waals surface area contributed by atoms with Crippen LogP contribution in [0.2, 0.25) is 0 Å². The van der Waals surface area contributed by atoms with Crippen molar-refractivity contribution in [2.24, 2.45) is 0 Å². The zero-order valence-electron chi connectivity index (χ0n) is 13.3. The van der Waals surface area contributed by atoms with E-state index in [2.05, 4.69) is 15.0 Å². The number of benzene rings is 1. The first-order valence-corrected chi connectivity index (χ1v) is 10.1. The number of nitrogens with zero attached hydrogens (tertiary/aromatic N) is 1. The minimum atomic E-state index is -3.38. The van der Waals surface area contributed by atoms with Gasteiger partial charge in [-0.05, 0) is 47.3 Å². The van der Waals surface area contributed by atoms with Gasteiger partial charge in [0, 0.05) is 16.8 Å². The Morgan fingerprint density at radius 3 is 2.60 bits per heavy atom. The van der Waals surface area contributed by atoms with Crippen LogP contribution in [0, 0.1) is 0 Å². The van der Waals surface area contributed by atoms with Gasteiger partial charge in [0.25, 0.3) is 5.91 Å². The first kappa shape index (κ1) is 17.1. The minimum Gasteiger partial charge on any atom is -0.321 e. The molecule has 0 aliphatic carbocycles. The molecule has 0 bridgehead atoms. The van der Waals surface area contributed by atoms with Gasteiger partial charge in [-0.2, -0.15) is 0 Å². The van der Waals surface area contributed by atoms with E-state index in [4.69, 9.17) is 0 Å². The summed E-state index contributed by atoms with van der Waals surface area (Å²) in [6.07, 6.45) is 2.66. The van der Waals surface area contributed by atoms with Crippen LogP contribution in [0.4, 0.5) is 11.4 Å². The third-order valence-corrected chi connectivity index (χ3v) is 4.75. The Labute approximate surface area is 149 Å². The summed E-state index contributed by atoms with van der Waals surface area (Å²) in [6.45, 7) is 0. The number of sulfonamides is 1. The fourth-order valence-corrected chi connectivity index (χ4v) is 3.50. The normalized spacial score (nSPS) is 11.1. The lowest BCUT2D eigenvalue weighted by Crippen LogP contribution is -2.14. The fourth-order valence-electron chi connectivity index (χ4n) is 2.22. The molecular weight excluding hydrogens is 358 g/mol. The average molecular weight is 373 g/mol. The maximum Gasteiger partial charge on any atom is 0.274 e. The number of hydrogen-bond acceptors (Lipinski definition) is 5. The smallest absolute Gasteiger partial charge is 0.274 e. The van der Waals surface area contributed by atoms with Crippen LogP contribution >= 0.6 is 11.3 Å². The van der Waals surface area contributed by atoms with Crippen LogP contribution in [0.3, 0.4) is 0 Å². The molecule has 6 nitrogen and oxygen atoms in total. The first-order chi connectivity index (χ1) is 11.9. The molecule has 0 atom stereocenters. The van der Waals surface area contributed by atoms with E-state index in [9.17, 15) is 13.2 Å². The van der Waals surface area contributed by atoms with E-state index in [1.807, 2.05) is 23.6 Å². The van der Waals surface area contributed by atoms with Crippen LogP contribution in [0.1, 0.15) is 10.5 Å². The second-order valence-electron chi connectivity index (χ2n) is 5.32. The van der Waals surface area contributed by atoms with Crippen molar-refractivity contribution in [3.63, 3.8) is 0 Å². The molecule has 1 amide bonds. The van der Waals surface area contributed by atoms with Crippen LogP contribution in [-0.2, 0) is 10.0 Å².